The number of hydrogen-bond donors (Lipinski definition) is 0. The van der Waals surface area contributed by atoms with Crippen LogP contribution in [0.25, 0.3) is 4.85 Å². The summed E-state index contributed by atoms with van der Waals surface area (Å²) in [5, 5.41) is 0. The van der Waals surface area contributed by atoms with E-state index in [2.05, 4.69) is 4.85 Å². The van der Waals surface area contributed by atoms with Crippen molar-refractivity contribution in [3.05, 3.63) is 35.2 Å². The minimum absolute atomic E-state index is 0.143. The van der Waals surface area contributed by atoms with E-state index in [0.717, 1.165) is 12.5 Å². The number of halogens is 3. The summed E-state index contributed by atoms with van der Waals surface area (Å²) < 4.78 is 38.4. The summed E-state index contributed by atoms with van der Waals surface area (Å²) in [4.78, 5) is 4.69. The second kappa shape index (κ2) is 5.30. The van der Waals surface area contributed by atoms with Crippen molar-refractivity contribution >= 4 is 11.4 Å². The van der Waals surface area contributed by atoms with Gasteiger partial charge in [0.2, 0.25) is 0 Å². The minimum atomic E-state index is -4.49. The quantitative estimate of drug-likeness (QED) is 0.723. The molecule has 0 radical (unpaired) electrons. The van der Waals surface area contributed by atoms with Crippen LogP contribution in [0.4, 0.5) is 24.5 Å². The lowest BCUT2D eigenvalue weighted by molar-refractivity contribution is -0.136. The summed E-state index contributed by atoms with van der Waals surface area (Å²) >= 11 is 0. The van der Waals surface area contributed by atoms with Gasteiger partial charge < -0.3 is 4.90 Å². The Kier molecular flexibility index (Phi) is 4.23. The highest BCUT2D eigenvalue weighted by Gasteiger charge is 2.33. The SMILES string of the molecule is [C-]#[N+]c1ccc(N(C)[C@H](C)CC)cc1C(F)(F)F. The number of rotatable bonds is 3. The van der Waals surface area contributed by atoms with E-state index in [4.69, 9.17) is 6.57 Å². The van der Waals surface area contributed by atoms with Crippen LogP contribution in [0.1, 0.15) is 25.8 Å². The van der Waals surface area contributed by atoms with Crippen LogP contribution in [-0.4, -0.2) is 13.1 Å². The molecule has 0 saturated heterocycles. The standard InChI is InChI=1S/C13H15F3N2/c1-5-9(2)18(4)10-6-7-12(17-3)11(8-10)13(14,15)16/h6-9H,5H2,1-2,4H3/t9-/m1/s1. The predicted octanol–water partition coefficient (Wildman–Crippen LogP) is 4.49. The van der Waals surface area contributed by atoms with Gasteiger partial charge in [0.05, 0.1) is 12.1 Å². The first-order chi connectivity index (χ1) is 8.31. The Bertz CT molecular complexity index is 460. The molecule has 0 aromatic heterocycles. The Hall–Kier alpha value is -1.70. The lowest BCUT2D eigenvalue weighted by atomic mass is 10.1. The van der Waals surface area contributed by atoms with E-state index in [0.29, 0.717) is 5.69 Å². The predicted molar refractivity (Wildman–Crippen MR) is 65.9 cm³/mol. The number of alkyl halides is 3. The highest BCUT2D eigenvalue weighted by molar-refractivity contribution is 5.62. The monoisotopic (exact) mass is 256 g/mol. The van der Waals surface area contributed by atoms with Gasteiger partial charge in [0.1, 0.15) is 0 Å². The summed E-state index contributed by atoms with van der Waals surface area (Å²) in [6.45, 7) is 10.7. The molecule has 1 rings (SSSR count). The first kappa shape index (κ1) is 14.4. The van der Waals surface area contributed by atoms with Gasteiger partial charge in [-0.05, 0) is 25.5 Å². The van der Waals surface area contributed by atoms with E-state index in [1.54, 1.807) is 18.0 Å². The zero-order valence-corrected chi connectivity index (χ0v) is 10.5. The van der Waals surface area contributed by atoms with Crippen LogP contribution < -0.4 is 4.90 Å². The maximum atomic E-state index is 12.8. The Balaban J connectivity index is 3.24. The van der Waals surface area contributed by atoms with Crippen molar-refractivity contribution in [1.29, 1.82) is 0 Å². The van der Waals surface area contributed by atoms with Crippen LogP contribution in [0.5, 0.6) is 0 Å². The topological polar surface area (TPSA) is 7.60 Å². The van der Waals surface area contributed by atoms with Crippen molar-refractivity contribution in [3.8, 4) is 0 Å². The van der Waals surface area contributed by atoms with Crippen LogP contribution in [0.3, 0.4) is 0 Å². The zero-order valence-electron chi connectivity index (χ0n) is 10.5. The second-order valence-electron chi connectivity index (χ2n) is 4.18. The average Bonchev–Trinajstić information content (AvgIpc) is 2.35. The molecule has 98 valence electrons. The summed E-state index contributed by atoms with van der Waals surface area (Å²) in [5.74, 6) is 0. The molecule has 0 aliphatic carbocycles. The smallest absolute Gasteiger partial charge is 0.372 e. The molecular weight excluding hydrogens is 241 g/mol. The number of nitrogens with zero attached hydrogens (tertiary/aromatic N) is 2. The summed E-state index contributed by atoms with van der Waals surface area (Å²) in [7, 11) is 1.75. The Labute approximate surface area is 105 Å². The van der Waals surface area contributed by atoms with E-state index in [1.807, 2.05) is 13.8 Å². The zero-order chi connectivity index (χ0) is 13.9. The molecule has 0 saturated carbocycles. The van der Waals surface area contributed by atoms with Crippen molar-refractivity contribution in [1.82, 2.24) is 0 Å². The summed E-state index contributed by atoms with van der Waals surface area (Å²) in [6.07, 6.45) is -3.66. The molecule has 5 heteroatoms. The van der Waals surface area contributed by atoms with E-state index >= 15 is 0 Å². The Morgan fingerprint density at radius 3 is 2.44 bits per heavy atom. The van der Waals surface area contributed by atoms with E-state index in [9.17, 15) is 13.2 Å². The number of anilines is 1. The van der Waals surface area contributed by atoms with Gasteiger partial charge in [-0.15, -0.1) is 0 Å². The van der Waals surface area contributed by atoms with Crippen LogP contribution in [0, 0.1) is 6.57 Å². The van der Waals surface area contributed by atoms with Crippen LogP contribution in [0.15, 0.2) is 18.2 Å². The molecule has 0 bridgehead atoms. The third-order valence-corrected chi connectivity index (χ3v) is 3.07. The second-order valence-corrected chi connectivity index (χ2v) is 4.18. The van der Waals surface area contributed by atoms with Gasteiger partial charge in [0.25, 0.3) is 0 Å². The molecule has 0 heterocycles. The van der Waals surface area contributed by atoms with Crippen molar-refractivity contribution in [3.63, 3.8) is 0 Å². The normalized spacial score (nSPS) is 12.9. The van der Waals surface area contributed by atoms with Gasteiger partial charge in [0, 0.05) is 18.8 Å². The summed E-state index contributed by atoms with van der Waals surface area (Å²) in [6, 6.07) is 3.96. The van der Waals surface area contributed by atoms with E-state index in [1.165, 1.54) is 6.07 Å². The summed E-state index contributed by atoms with van der Waals surface area (Å²) in [5.41, 5.74) is -0.752. The first-order valence-electron chi connectivity index (χ1n) is 5.62. The van der Waals surface area contributed by atoms with Gasteiger partial charge in [-0.2, -0.15) is 13.2 Å². The molecule has 1 atom stereocenters. The number of hydrogen-bond acceptors (Lipinski definition) is 1. The molecule has 1 aromatic rings. The molecule has 2 nitrogen and oxygen atoms in total. The van der Waals surface area contributed by atoms with Gasteiger partial charge in [0.15, 0.2) is 5.69 Å². The maximum absolute atomic E-state index is 12.8. The molecule has 0 amide bonds. The molecule has 0 aliphatic heterocycles. The van der Waals surface area contributed by atoms with Crippen molar-refractivity contribution in [2.45, 2.75) is 32.5 Å². The van der Waals surface area contributed by atoms with Crippen molar-refractivity contribution in [2.24, 2.45) is 0 Å². The highest BCUT2D eigenvalue weighted by atomic mass is 19.4. The minimum Gasteiger partial charge on any atom is -0.372 e. The third-order valence-electron chi connectivity index (χ3n) is 3.07. The van der Waals surface area contributed by atoms with Crippen molar-refractivity contribution < 1.29 is 13.2 Å². The van der Waals surface area contributed by atoms with Gasteiger partial charge >= 0.3 is 6.18 Å². The largest absolute Gasteiger partial charge is 0.407 e. The van der Waals surface area contributed by atoms with Gasteiger partial charge in [-0.25, -0.2) is 4.85 Å². The first-order valence-corrected chi connectivity index (χ1v) is 5.62. The fourth-order valence-electron chi connectivity index (χ4n) is 1.60. The molecule has 0 spiro atoms. The Morgan fingerprint density at radius 2 is 2.00 bits per heavy atom. The van der Waals surface area contributed by atoms with Gasteiger partial charge in [-0.3, -0.25) is 0 Å². The molecule has 18 heavy (non-hydrogen) atoms. The molecule has 0 N–H and O–H groups in total. The van der Waals surface area contributed by atoms with Crippen LogP contribution >= 0.6 is 0 Å². The molecule has 0 aliphatic rings. The molecule has 1 aromatic carbocycles. The van der Waals surface area contributed by atoms with E-state index < -0.39 is 11.7 Å². The van der Waals surface area contributed by atoms with E-state index in [-0.39, 0.29) is 11.7 Å². The third kappa shape index (κ3) is 2.95. The molecule has 0 unspecified atom stereocenters. The lowest BCUT2D eigenvalue weighted by Gasteiger charge is -2.27. The molecule has 0 fully saturated rings. The number of benzene rings is 1. The maximum Gasteiger partial charge on any atom is 0.407 e. The molecular formula is C13H15F3N2. The fraction of sp³-hybridized carbons (Fsp3) is 0.462. The lowest BCUT2D eigenvalue weighted by Crippen LogP contribution is -2.28. The average molecular weight is 256 g/mol. The Morgan fingerprint density at radius 1 is 1.39 bits per heavy atom. The highest BCUT2D eigenvalue weighted by Crippen LogP contribution is 2.38. The van der Waals surface area contributed by atoms with Crippen LogP contribution in [-0.2, 0) is 6.18 Å². The van der Waals surface area contributed by atoms with Gasteiger partial charge in [-0.1, -0.05) is 13.0 Å². The van der Waals surface area contributed by atoms with Crippen LogP contribution in [0.2, 0.25) is 0 Å². The fourth-order valence-corrected chi connectivity index (χ4v) is 1.60. The van der Waals surface area contributed by atoms with Crippen molar-refractivity contribution in [2.75, 3.05) is 11.9 Å².